The van der Waals surface area contributed by atoms with Gasteiger partial charge in [0.1, 0.15) is 6.61 Å². The van der Waals surface area contributed by atoms with Gasteiger partial charge in [-0.25, -0.2) is 0 Å². The van der Waals surface area contributed by atoms with Gasteiger partial charge in [-0.1, -0.05) is 11.8 Å². The van der Waals surface area contributed by atoms with Crippen molar-refractivity contribution in [2.45, 2.75) is 44.6 Å². The molecule has 4 heterocycles. The number of ketones is 1. The first-order chi connectivity index (χ1) is 19.6. The molecule has 1 aromatic heterocycles. The largest absolute Gasteiger partial charge is 0.489 e. The van der Waals surface area contributed by atoms with Crippen LogP contribution in [0.5, 0.6) is 5.75 Å². The smallest absolute Gasteiger partial charge is 0.255 e. The maximum absolute atomic E-state index is 13.8. The topological polar surface area (TPSA) is 84.0 Å². The summed E-state index contributed by atoms with van der Waals surface area (Å²) in [6.07, 6.45) is 9.47. The molecular formula is C32H36N4O4. The Morgan fingerprint density at radius 3 is 2.67 bits per heavy atom. The highest BCUT2D eigenvalue weighted by atomic mass is 16.5. The van der Waals surface area contributed by atoms with E-state index in [0.29, 0.717) is 37.1 Å². The third-order valence-corrected chi connectivity index (χ3v) is 8.48. The monoisotopic (exact) mass is 540 g/mol. The van der Waals surface area contributed by atoms with Crippen LogP contribution in [0.1, 0.15) is 60.0 Å². The number of likely N-dealkylation sites (N-methyl/N-ethyl adjacent to an activating group) is 1. The quantitative estimate of drug-likeness (QED) is 0.594. The lowest BCUT2D eigenvalue weighted by Gasteiger charge is -2.40. The minimum atomic E-state index is -0.263. The minimum absolute atomic E-state index is 0.171. The molecule has 1 saturated heterocycles. The minimum Gasteiger partial charge on any atom is -0.489 e. The van der Waals surface area contributed by atoms with Crippen LogP contribution in [0.15, 0.2) is 47.9 Å². The Balaban J connectivity index is 1.31. The van der Waals surface area contributed by atoms with Crippen LogP contribution >= 0.6 is 0 Å². The van der Waals surface area contributed by atoms with Crippen LogP contribution in [0, 0.1) is 17.8 Å². The lowest BCUT2D eigenvalue weighted by Crippen LogP contribution is -2.45. The SMILES string of the molecule is CN1CC(=O)C(CNC(=O)c2cc(C#Cc3ccncc3)cc3c2OCCN3C2CCOCC2)C2=C1CCCC2. The molecule has 1 N–H and O–H groups in total. The molecule has 1 amide bonds. The van der Waals surface area contributed by atoms with Gasteiger partial charge in [0.25, 0.3) is 5.91 Å². The summed E-state index contributed by atoms with van der Waals surface area (Å²) < 4.78 is 11.8. The van der Waals surface area contributed by atoms with Crippen LogP contribution in [0.3, 0.4) is 0 Å². The Kier molecular flexibility index (Phi) is 7.74. The number of hydrogen-bond acceptors (Lipinski definition) is 7. The van der Waals surface area contributed by atoms with Crippen molar-refractivity contribution in [1.29, 1.82) is 0 Å². The Morgan fingerprint density at radius 1 is 1.07 bits per heavy atom. The highest BCUT2D eigenvalue weighted by Crippen LogP contribution is 2.39. The average molecular weight is 541 g/mol. The van der Waals surface area contributed by atoms with Crippen molar-refractivity contribution in [2.24, 2.45) is 5.92 Å². The van der Waals surface area contributed by atoms with E-state index in [0.717, 1.165) is 75.1 Å². The third-order valence-electron chi connectivity index (χ3n) is 8.48. The van der Waals surface area contributed by atoms with Crippen molar-refractivity contribution in [1.82, 2.24) is 15.2 Å². The van der Waals surface area contributed by atoms with Gasteiger partial charge >= 0.3 is 0 Å². The molecule has 0 spiro atoms. The van der Waals surface area contributed by atoms with Crippen LogP contribution in [0.2, 0.25) is 0 Å². The van der Waals surface area contributed by atoms with Crippen molar-refractivity contribution in [3.8, 4) is 17.6 Å². The molecule has 1 fully saturated rings. The number of aromatic nitrogens is 1. The highest BCUT2D eigenvalue weighted by Gasteiger charge is 2.35. The molecule has 4 aliphatic rings. The predicted octanol–water partition coefficient (Wildman–Crippen LogP) is 3.55. The molecule has 208 valence electrons. The first-order valence-corrected chi connectivity index (χ1v) is 14.4. The van der Waals surface area contributed by atoms with Gasteiger partial charge in [-0.15, -0.1) is 0 Å². The maximum Gasteiger partial charge on any atom is 0.255 e. The predicted molar refractivity (Wildman–Crippen MR) is 152 cm³/mol. The van der Waals surface area contributed by atoms with Gasteiger partial charge in [0.2, 0.25) is 0 Å². The number of hydrogen-bond donors (Lipinski definition) is 1. The van der Waals surface area contributed by atoms with E-state index in [1.165, 1.54) is 11.3 Å². The summed E-state index contributed by atoms with van der Waals surface area (Å²) in [4.78, 5) is 35.3. The second-order valence-corrected chi connectivity index (χ2v) is 11.0. The van der Waals surface area contributed by atoms with E-state index in [1.54, 1.807) is 12.4 Å². The maximum atomic E-state index is 13.8. The van der Waals surface area contributed by atoms with E-state index in [9.17, 15) is 9.59 Å². The summed E-state index contributed by atoms with van der Waals surface area (Å²) in [5.74, 6) is 6.72. The number of rotatable bonds is 4. The summed E-state index contributed by atoms with van der Waals surface area (Å²) in [5, 5.41) is 3.11. The lowest BCUT2D eigenvalue weighted by atomic mass is 9.81. The summed E-state index contributed by atoms with van der Waals surface area (Å²) in [6.45, 7) is 3.43. The molecule has 1 unspecified atom stereocenters. The molecule has 6 rings (SSSR count). The Hall–Kier alpha value is -3.83. The first-order valence-electron chi connectivity index (χ1n) is 14.4. The van der Waals surface area contributed by atoms with Crippen LogP contribution in [-0.2, 0) is 9.53 Å². The van der Waals surface area contributed by atoms with Crippen molar-refractivity contribution in [2.75, 3.05) is 51.4 Å². The van der Waals surface area contributed by atoms with Crippen molar-refractivity contribution < 1.29 is 19.1 Å². The molecule has 0 bridgehead atoms. The summed E-state index contributed by atoms with van der Waals surface area (Å²) in [7, 11) is 2.00. The zero-order chi connectivity index (χ0) is 27.5. The van der Waals surface area contributed by atoms with Crippen molar-refractivity contribution in [3.05, 3.63) is 64.6 Å². The Bertz CT molecular complexity index is 1370. The molecule has 8 nitrogen and oxygen atoms in total. The van der Waals surface area contributed by atoms with Gasteiger partial charge < -0.3 is 24.6 Å². The number of allylic oxidation sites excluding steroid dienone is 1. The summed E-state index contributed by atoms with van der Waals surface area (Å²) >= 11 is 0. The van der Waals surface area contributed by atoms with E-state index in [1.807, 2.05) is 31.3 Å². The second kappa shape index (κ2) is 11.7. The number of Topliss-reactive ketones (excluding diaryl/α,β-unsaturated/α-hetero) is 1. The lowest BCUT2D eigenvalue weighted by molar-refractivity contribution is -0.123. The first kappa shape index (κ1) is 26.4. The number of ether oxygens (including phenoxy) is 2. The molecular weight excluding hydrogens is 504 g/mol. The average Bonchev–Trinajstić information content (AvgIpc) is 3.00. The Morgan fingerprint density at radius 2 is 1.85 bits per heavy atom. The molecule has 2 aromatic rings. The molecule has 1 atom stereocenters. The number of fused-ring (bicyclic) bond motifs is 1. The fourth-order valence-electron chi connectivity index (χ4n) is 6.43. The number of pyridine rings is 1. The number of amides is 1. The van der Waals surface area contributed by atoms with E-state index in [4.69, 9.17) is 9.47 Å². The normalized spacial score (nSPS) is 21.1. The van der Waals surface area contributed by atoms with Crippen molar-refractivity contribution >= 4 is 17.4 Å². The number of benzene rings is 1. The molecule has 3 aliphatic heterocycles. The van der Waals surface area contributed by atoms with E-state index in [-0.39, 0.29) is 17.6 Å². The second-order valence-electron chi connectivity index (χ2n) is 11.0. The van der Waals surface area contributed by atoms with Gasteiger partial charge in [0.05, 0.1) is 30.3 Å². The van der Waals surface area contributed by atoms with E-state index < -0.39 is 0 Å². The highest BCUT2D eigenvalue weighted by molar-refractivity contribution is 6.00. The summed E-state index contributed by atoms with van der Waals surface area (Å²) in [5.41, 5.74) is 5.45. The number of nitrogens with zero attached hydrogens (tertiary/aromatic N) is 3. The van der Waals surface area contributed by atoms with Crippen LogP contribution in [0.4, 0.5) is 5.69 Å². The van der Waals surface area contributed by atoms with Crippen LogP contribution in [0.25, 0.3) is 0 Å². The van der Waals surface area contributed by atoms with Crippen LogP contribution in [-0.4, -0.2) is 74.1 Å². The van der Waals surface area contributed by atoms with Gasteiger partial charge in [-0.05, 0) is 68.4 Å². The molecule has 0 radical (unpaired) electrons. The van der Waals surface area contributed by atoms with Gasteiger partial charge in [0, 0.05) is 62.1 Å². The number of anilines is 1. The van der Waals surface area contributed by atoms with Crippen LogP contribution < -0.4 is 15.0 Å². The molecule has 1 aromatic carbocycles. The summed E-state index contributed by atoms with van der Waals surface area (Å²) in [6, 6.07) is 7.91. The number of carbonyl (C=O) groups is 2. The fraction of sp³-hybridized carbons (Fsp3) is 0.469. The van der Waals surface area contributed by atoms with Gasteiger partial charge in [-0.3, -0.25) is 14.6 Å². The van der Waals surface area contributed by atoms with E-state index in [2.05, 4.69) is 31.9 Å². The zero-order valence-corrected chi connectivity index (χ0v) is 23.1. The molecule has 0 saturated carbocycles. The fourth-order valence-corrected chi connectivity index (χ4v) is 6.43. The zero-order valence-electron chi connectivity index (χ0n) is 23.1. The van der Waals surface area contributed by atoms with Crippen molar-refractivity contribution in [3.63, 3.8) is 0 Å². The number of carbonyl (C=O) groups excluding carboxylic acids is 2. The molecule has 40 heavy (non-hydrogen) atoms. The molecule has 8 heteroatoms. The number of nitrogens with one attached hydrogen (secondary N) is 1. The van der Waals surface area contributed by atoms with Gasteiger partial charge in [0.15, 0.2) is 11.5 Å². The Labute approximate surface area is 235 Å². The standard InChI is InChI=1S/C32H36N4O4/c1-35-21-30(37)27(25-4-2-3-5-28(25)35)20-34-32(38)26-18-23(7-6-22-8-12-33-13-9-22)19-29-31(26)40-17-14-36(29)24-10-15-39-16-11-24/h8-9,12-13,18-19,24,27H,2-5,10-11,14-17,20-21H2,1H3,(H,34,38). The third kappa shape index (κ3) is 5.44. The van der Waals surface area contributed by atoms with Gasteiger partial charge in [-0.2, -0.15) is 0 Å². The molecule has 1 aliphatic carbocycles. The van der Waals surface area contributed by atoms with E-state index >= 15 is 0 Å².